The fraction of sp³-hybridized carbons (Fsp3) is 0.417. The molecule has 4 nitrogen and oxygen atoms in total. The van der Waals surface area contributed by atoms with Crippen molar-refractivity contribution in [2.24, 2.45) is 11.8 Å². The van der Waals surface area contributed by atoms with E-state index in [4.69, 9.17) is 10.7 Å². The van der Waals surface area contributed by atoms with Crippen LogP contribution in [-0.2, 0) is 9.05 Å². The second-order valence-corrected chi connectivity index (χ2v) is 8.34. The molecule has 1 N–H and O–H groups in total. The van der Waals surface area contributed by atoms with Crippen LogP contribution < -0.4 is 5.32 Å². The third-order valence-electron chi connectivity index (χ3n) is 3.40. The SMILES string of the molecule is CC1CC1CNC(=O)c1c(F)cc(Br)c(S(=O)(=O)Cl)c1F. The second kappa shape index (κ2) is 5.81. The van der Waals surface area contributed by atoms with Crippen molar-refractivity contribution in [3.8, 4) is 0 Å². The quantitative estimate of drug-likeness (QED) is 0.788. The highest BCUT2D eigenvalue weighted by atomic mass is 79.9. The predicted octanol–water partition coefficient (Wildman–Crippen LogP) is 3.04. The third kappa shape index (κ3) is 3.54. The Balaban J connectivity index is 2.36. The molecule has 0 aliphatic heterocycles. The molecule has 1 aromatic rings. The second-order valence-electron chi connectivity index (χ2n) is 4.98. The molecule has 1 amide bonds. The van der Waals surface area contributed by atoms with Crippen LogP contribution in [0.15, 0.2) is 15.4 Å². The number of amides is 1. The van der Waals surface area contributed by atoms with Crippen molar-refractivity contribution in [2.75, 3.05) is 6.54 Å². The van der Waals surface area contributed by atoms with Crippen LogP contribution in [0.2, 0.25) is 0 Å². The zero-order valence-corrected chi connectivity index (χ0v) is 13.9. The van der Waals surface area contributed by atoms with Gasteiger partial charge in [0, 0.05) is 21.7 Å². The molecular formula is C12H11BrClF2NO3S. The van der Waals surface area contributed by atoms with Gasteiger partial charge in [0.2, 0.25) is 0 Å². The van der Waals surface area contributed by atoms with Crippen LogP contribution in [0.4, 0.5) is 8.78 Å². The Morgan fingerprint density at radius 2 is 2.10 bits per heavy atom. The van der Waals surface area contributed by atoms with Gasteiger partial charge >= 0.3 is 0 Å². The monoisotopic (exact) mass is 401 g/mol. The van der Waals surface area contributed by atoms with E-state index in [9.17, 15) is 22.0 Å². The fourth-order valence-corrected chi connectivity index (χ4v) is 4.35. The first kappa shape index (κ1) is 16.6. The maximum absolute atomic E-state index is 14.2. The summed E-state index contributed by atoms with van der Waals surface area (Å²) >= 11 is 2.72. The summed E-state index contributed by atoms with van der Waals surface area (Å²) in [6.07, 6.45) is 0.937. The number of hydrogen-bond donors (Lipinski definition) is 1. The highest BCUT2D eigenvalue weighted by Crippen LogP contribution is 2.37. The summed E-state index contributed by atoms with van der Waals surface area (Å²) in [5.74, 6) is -2.92. The van der Waals surface area contributed by atoms with Gasteiger partial charge in [-0.25, -0.2) is 17.2 Å². The van der Waals surface area contributed by atoms with Crippen molar-refractivity contribution in [3.63, 3.8) is 0 Å². The predicted molar refractivity (Wildman–Crippen MR) is 76.7 cm³/mol. The molecule has 2 atom stereocenters. The summed E-state index contributed by atoms with van der Waals surface area (Å²) in [4.78, 5) is 10.9. The van der Waals surface area contributed by atoms with Gasteiger partial charge in [-0.15, -0.1) is 0 Å². The van der Waals surface area contributed by atoms with Gasteiger partial charge in [-0.05, 0) is 40.3 Å². The van der Waals surface area contributed by atoms with E-state index >= 15 is 0 Å². The van der Waals surface area contributed by atoms with Gasteiger partial charge in [0.05, 0.1) is 0 Å². The van der Waals surface area contributed by atoms with E-state index < -0.39 is 37.1 Å². The molecular weight excluding hydrogens is 392 g/mol. The Labute approximate surface area is 133 Å². The lowest BCUT2D eigenvalue weighted by molar-refractivity contribution is 0.0942. The highest BCUT2D eigenvalue weighted by Gasteiger charge is 2.34. The summed E-state index contributed by atoms with van der Waals surface area (Å²) in [7, 11) is 0.642. The zero-order chi connectivity index (χ0) is 15.9. The van der Waals surface area contributed by atoms with Gasteiger partial charge in [-0.1, -0.05) is 6.92 Å². The van der Waals surface area contributed by atoms with E-state index in [1.165, 1.54) is 0 Å². The van der Waals surface area contributed by atoms with E-state index in [0.717, 1.165) is 6.42 Å². The van der Waals surface area contributed by atoms with Crippen LogP contribution in [0.5, 0.6) is 0 Å². The molecule has 1 fully saturated rings. The zero-order valence-electron chi connectivity index (χ0n) is 10.8. The topological polar surface area (TPSA) is 63.2 Å². The van der Waals surface area contributed by atoms with Crippen molar-refractivity contribution in [1.29, 1.82) is 0 Å². The van der Waals surface area contributed by atoms with Crippen molar-refractivity contribution in [1.82, 2.24) is 5.32 Å². The van der Waals surface area contributed by atoms with Crippen LogP contribution in [-0.4, -0.2) is 20.9 Å². The maximum Gasteiger partial charge on any atom is 0.265 e. The van der Waals surface area contributed by atoms with E-state index in [0.29, 0.717) is 12.0 Å². The molecule has 2 rings (SSSR count). The van der Waals surface area contributed by atoms with Gasteiger partial charge in [0.1, 0.15) is 16.3 Å². The molecule has 21 heavy (non-hydrogen) atoms. The van der Waals surface area contributed by atoms with E-state index in [1.54, 1.807) is 0 Å². The number of benzene rings is 1. The number of nitrogens with one attached hydrogen (secondary N) is 1. The summed E-state index contributed by atoms with van der Waals surface area (Å²) in [5, 5.41) is 2.40. The van der Waals surface area contributed by atoms with Crippen LogP contribution in [0.3, 0.4) is 0 Å². The Morgan fingerprint density at radius 3 is 2.57 bits per heavy atom. The van der Waals surface area contributed by atoms with Crippen LogP contribution in [0, 0.1) is 23.5 Å². The van der Waals surface area contributed by atoms with Crippen molar-refractivity contribution in [2.45, 2.75) is 18.2 Å². The van der Waals surface area contributed by atoms with Gasteiger partial charge in [0.25, 0.3) is 15.0 Å². The molecule has 0 bridgehead atoms. The lowest BCUT2D eigenvalue weighted by atomic mass is 10.1. The van der Waals surface area contributed by atoms with Crippen LogP contribution >= 0.6 is 26.6 Å². The molecule has 1 saturated carbocycles. The maximum atomic E-state index is 14.2. The number of carbonyl (C=O) groups excluding carboxylic acids is 1. The lowest BCUT2D eigenvalue weighted by Crippen LogP contribution is -2.28. The Hall–Kier alpha value is -0.730. The van der Waals surface area contributed by atoms with Crippen LogP contribution in [0.25, 0.3) is 0 Å². The molecule has 0 spiro atoms. The first-order valence-corrected chi connectivity index (χ1v) is 9.13. The van der Waals surface area contributed by atoms with Crippen molar-refractivity contribution >= 4 is 41.6 Å². The molecule has 2 unspecified atom stereocenters. The highest BCUT2D eigenvalue weighted by molar-refractivity contribution is 9.10. The van der Waals surface area contributed by atoms with Gasteiger partial charge in [-0.3, -0.25) is 4.79 Å². The number of hydrogen-bond acceptors (Lipinski definition) is 3. The minimum absolute atomic E-state index is 0.284. The Morgan fingerprint density at radius 1 is 1.52 bits per heavy atom. The first-order chi connectivity index (χ1) is 9.62. The minimum atomic E-state index is -4.46. The summed E-state index contributed by atoms with van der Waals surface area (Å²) < 4.78 is 50.2. The Bertz CT molecular complexity index is 711. The molecule has 116 valence electrons. The summed E-state index contributed by atoms with van der Waals surface area (Å²) in [6, 6.07) is 0.701. The van der Waals surface area contributed by atoms with Gasteiger partial charge < -0.3 is 5.32 Å². The number of rotatable bonds is 4. The number of carbonyl (C=O) groups is 1. The third-order valence-corrected chi connectivity index (χ3v) is 5.64. The van der Waals surface area contributed by atoms with Crippen LogP contribution in [0.1, 0.15) is 23.7 Å². The largest absolute Gasteiger partial charge is 0.352 e. The average Bonchev–Trinajstić information content (AvgIpc) is 2.99. The molecule has 0 heterocycles. The first-order valence-electron chi connectivity index (χ1n) is 6.03. The van der Waals surface area contributed by atoms with E-state index in [1.807, 2.05) is 6.92 Å². The molecule has 1 aliphatic rings. The van der Waals surface area contributed by atoms with E-state index in [-0.39, 0.29) is 16.9 Å². The summed E-state index contributed by atoms with van der Waals surface area (Å²) in [5.41, 5.74) is -0.953. The normalized spacial score (nSPS) is 21.2. The molecule has 9 heteroatoms. The van der Waals surface area contributed by atoms with E-state index in [2.05, 4.69) is 21.2 Å². The average molecular weight is 403 g/mol. The smallest absolute Gasteiger partial charge is 0.265 e. The molecule has 0 radical (unpaired) electrons. The fourth-order valence-electron chi connectivity index (χ4n) is 2.00. The molecule has 0 aromatic heterocycles. The standard InChI is InChI=1S/C12H11BrClF2NO3S/c1-5-2-6(5)4-17-12(18)9-8(15)3-7(13)11(10(9)16)21(14,19)20/h3,5-6H,2,4H2,1H3,(H,17,18). The minimum Gasteiger partial charge on any atom is -0.352 e. The van der Waals surface area contributed by atoms with Crippen molar-refractivity contribution < 1.29 is 22.0 Å². The van der Waals surface area contributed by atoms with Crippen molar-refractivity contribution in [3.05, 3.63) is 27.7 Å². The molecule has 0 saturated heterocycles. The molecule has 1 aromatic carbocycles. The summed E-state index contributed by atoms with van der Waals surface area (Å²) in [6.45, 7) is 2.29. The number of halogens is 4. The molecule has 1 aliphatic carbocycles. The van der Waals surface area contributed by atoms with Gasteiger partial charge in [-0.2, -0.15) is 0 Å². The Kier molecular flexibility index (Phi) is 4.60. The van der Waals surface area contributed by atoms with Gasteiger partial charge in [0.15, 0.2) is 5.82 Å². The lowest BCUT2D eigenvalue weighted by Gasteiger charge is -2.10.